The van der Waals surface area contributed by atoms with Crippen LogP contribution in [0.2, 0.25) is 0 Å². The first kappa shape index (κ1) is 24.6. The maximum absolute atomic E-state index is 12.8. The highest BCUT2D eigenvalue weighted by Gasteiger charge is 2.49. The van der Waals surface area contributed by atoms with Crippen molar-refractivity contribution in [3.63, 3.8) is 0 Å². The average Bonchev–Trinajstić information content (AvgIpc) is 2.80. The van der Waals surface area contributed by atoms with Crippen LogP contribution in [0.5, 0.6) is 17.2 Å². The Balaban J connectivity index is 1.91. The Kier molecular flexibility index (Phi) is 8.65. The third kappa shape index (κ3) is 5.31. The molecule has 3 rings (SSSR count). The fourth-order valence-corrected chi connectivity index (χ4v) is 5.48. The van der Waals surface area contributed by atoms with Crippen molar-refractivity contribution in [1.82, 2.24) is 10.2 Å². The Morgan fingerprint density at radius 3 is 2.47 bits per heavy atom. The second-order valence-electron chi connectivity index (χ2n) is 9.14. The topological polar surface area (TPSA) is 80.3 Å². The van der Waals surface area contributed by atoms with Crippen molar-refractivity contribution >= 4 is 5.91 Å². The van der Waals surface area contributed by atoms with E-state index in [4.69, 9.17) is 14.2 Å². The lowest BCUT2D eigenvalue weighted by Gasteiger charge is -2.52. The van der Waals surface area contributed by atoms with E-state index in [1.54, 1.807) is 21.3 Å². The Hall–Kier alpha value is -1.99. The normalized spacial score (nSPS) is 25.7. The molecule has 0 bridgehead atoms. The zero-order chi connectivity index (χ0) is 23.1. The fraction of sp³-hybridized carbons (Fsp3) is 0.720. The van der Waals surface area contributed by atoms with E-state index in [0.717, 1.165) is 50.5 Å². The zero-order valence-electron chi connectivity index (χ0n) is 20.1. The van der Waals surface area contributed by atoms with Crippen LogP contribution in [0.1, 0.15) is 69.9 Å². The minimum atomic E-state index is -0.697. The molecule has 32 heavy (non-hydrogen) atoms. The van der Waals surface area contributed by atoms with Crippen LogP contribution in [0.25, 0.3) is 0 Å². The number of piperidine rings is 1. The summed E-state index contributed by atoms with van der Waals surface area (Å²) in [4.78, 5) is 15.0. The standard InChI is InChI=1S/C25H40N2O5/c1-5-6-9-13-26-22(28)17-27-14-12-25(29)11-8-7-10-19(25)23(27)18-15-20(30-2)24(32-4)21(16-18)31-3/h15-16,19,23,29H,5-14,17H2,1-4H3,(H,26,28). The first-order chi connectivity index (χ1) is 15.5. The molecular weight excluding hydrogens is 408 g/mol. The molecule has 1 aliphatic heterocycles. The van der Waals surface area contributed by atoms with Gasteiger partial charge in [-0.15, -0.1) is 0 Å². The van der Waals surface area contributed by atoms with Gasteiger partial charge in [-0.2, -0.15) is 0 Å². The van der Waals surface area contributed by atoms with Crippen molar-refractivity contribution in [2.24, 2.45) is 5.92 Å². The number of fused-ring (bicyclic) bond motifs is 1. The smallest absolute Gasteiger partial charge is 0.234 e. The predicted octanol–water partition coefficient (Wildman–Crippen LogP) is 3.69. The van der Waals surface area contributed by atoms with Crippen molar-refractivity contribution in [1.29, 1.82) is 0 Å². The Morgan fingerprint density at radius 2 is 1.84 bits per heavy atom. The van der Waals surface area contributed by atoms with E-state index in [2.05, 4.69) is 17.1 Å². The molecule has 1 amide bonds. The quantitative estimate of drug-likeness (QED) is 0.532. The van der Waals surface area contributed by atoms with Gasteiger partial charge < -0.3 is 24.6 Å². The summed E-state index contributed by atoms with van der Waals surface area (Å²) in [5.74, 6) is 1.83. The van der Waals surface area contributed by atoms with Crippen LogP contribution in [0.3, 0.4) is 0 Å². The summed E-state index contributed by atoms with van der Waals surface area (Å²) in [5, 5.41) is 14.6. The molecule has 1 aromatic carbocycles. The molecule has 2 fully saturated rings. The number of hydrogen-bond donors (Lipinski definition) is 2. The van der Waals surface area contributed by atoms with Crippen LogP contribution in [0, 0.1) is 5.92 Å². The number of likely N-dealkylation sites (tertiary alicyclic amines) is 1. The summed E-state index contributed by atoms with van der Waals surface area (Å²) in [6, 6.07) is 3.85. The number of carbonyl (C=O) groups is 1. The number of amides is 1. The van der Waals surface area contributed by atoms with Gasteiger partial charge in [0.2, 0.25) is 11.7 Å². The number of nitrogens with one attached hydrogen (secondary N) is 1. The molecule has 0 radical (unpaired) electrons. The summed E-state index contributed by atoms with van der Waals surface area (Å²) in [5.41, 5.74) is 0.292. The number of methoxy groups -OCH3 is 3. The van der Waals surface area contributed by atoms with Gasteiger partial charge in [-0.3, -0.25) is 9.69 Å². The highest BCUT2D eigenvalue weighted by Crippen LogP contribution is 2.51. The van der Waals surface area contributed by atoms with Crippen LogP contribution >= 0.6 is 0 Å². The minimum absolute atomic E-state index is 0.0415. The first-order valence-corrected chi connectivity index (χ1v) is 12.0. The molecule has 7 heteroatoms. The second kappa shape index (κ2) is 11.2. The van der Waals surface area contributed by atoms with E-state index in [9.17, 15) is 9.90 Å². The van der Waals surface area contributed by atoms with E-state index in [1.807, 2.05) is 12.1 Å². The van der Waals surface area contributed by atoms with Crippen molar-refractivity contribution in [3.8, 4) is 17.2 Å². The third-order valence-electron chi connectivity index (χ3n) is 7.15. The van der Waals surface area contributed by atoms with E-state index in [0.29, 0.717) is 43.3 Å². The summed E-state index contributed by atoms with van der Waals surface area (Å²) < 4.78 is 16.7. The summed E-state index contributed by atoms with van der Waals surface area (Å²) in [7, 11) is 4.82. The average molecular weight is 449 g/mol. The summed E-state index contributed by atoms with van der Waals surface area (Å²) >= 11 is 0. The number of unbranched alkanes of at least 4 members (excludes halogenated alkanes) is 2. The maximum Gasteiger partial charge on any atom is 0.234 e. The monoisotopic (exact) mass is 448 g/mol. The van der Waals surface area contributed by atoms with Gasteiger partial charge in [-0.25, -0.2) is 0 Å². The number of ether oxygens (including phenoxy) is 3. The molecule has 7 nitrogen and oxygen atoms in total. The summed E-state index contributed by atoms with van der Waals surface area (Å²) in [6.45, 7) is 3.86. The van der Waals surface area contributed by atoms with Crippen molar-refractivity contribution in [2.45, 2.75) is 69.9 Å². The molecule has 3 unspecified atom stereocenters. The number of aliphatic hydroxyl groups is 1. The lowest BCUT2D eigenvalue weighted by molar-refractivity contribution is -0.137. The Bertz CT molecular complexity index is 746. The molecule has 0 spiro atoms. The molecule has 1 aromatic rings. The van der Waals surface area contributed by atoms with Crippen molar-refractivity contribution in [3.05, 3.63) is 17.7 Å². The Labute approximate surface area is 192 Å². The highest BCUT2D eigenvalue weighted by molar-refractivity contribution is 5.78. The van der Waals surface area contributed by atoms with E-state index >= 15 is 0 Å². The van der Waals surface area contributed by atoms with E-state index in [1.165, 1.54) is 0 Å². The molecule has 180 valence electrons. The largest absolute Gasteiger partial charge is 0.493 e. The van der Waals surface area contributed by atoms with Gasteiger partial charge in [0.05, 0.1) is 33.5 Å². The Morgan fingerprint density at radius 1 is 1.12 bits per heavy atom. The summed E-state index contributed by atoms with van der Waals surface area (Å²) in [6.07, 6.45) is 7.83. The number of rotatable bonds is 10. The van der Waals surface area contributed by atoms with Crippen LogP contribution in [-0.2, 0) is 4.79 Å². The van der Waals surface area contributed by atoms with Gasteiger partial charge in [-0.05, 0) is 43.4 Å². The first-order valence-electron chi connectivity index (χ1n) is 12.0. The van der Waals surface area contributed by atoms with Gasteiger partial charge in [-0.1, -0.05) is 32.6 Å². The number of carbonyl (C=O) groups excluding carboxylic acids is 1. The van der Waals surface area contributed by atoms with E-state index < -0.39 is 5.60 Å². The lowest BCUT2D eigenvalue weighted by atomic mass is 9.66. The molecular formula is C25H40N2O5. The van der Waals surface area contributed by atoms with Gasteiger partial charge in [0.25, 0.3) is 0 Å². The molecule has 1 heterocycles. The zero-order valence-corrected chi connectivity index (χ0v) is 20.1. The van der Waals surface area contributed by atoms with Gasteiger partial charge in [0.15, 0.2) is 11.5 Å². The fourth-order valence-electron chi connectivity index (χ4n) is 5.48. The molecule has 2 aliphatic rings. The number of nitrogens with zero attached hydrogens (tertiary/aromatic N) is 1. The van der Waals surface area contributed by atoms with Gasteiger partial charge >= 0.3 is 0 Å². The van der Waals surface area contributed by atoms with Crippen LogP contribution in [0.15, 0.2) is 12.1 Å². The molecule has 1 saturated heterocycles. The number of hydrogen-bond acceptors (Lipinski definition) is 6. The van der Waals surface area contributed by atoms with Gasteiger partial charge in [0.1, 0.15) is 0 Å². The van der Waals surface area contributed by atoms with E-state index in [-0.39, 0.29) is 17.9 Å². The van der Waals surface area contributed by atoms with Gasteiger partial charge in [0, 0.05) is 25.0 Å². The van der Waals surface area contributed by atoms with Crippen LogP contribution in [-0.4, -0.2) is 62.5 Å². The molecule has 2 N–H and O–H groups in total. The lowest BCUT2D eigenvalue weighted by Crippen LogP contribution is -2.56. The third-order valence-corrected chi connectivity index (χ3v) is 7.15. The highest BCUT2D eigenvalue weighted by atomic mass is 16.5. The minimum Gasteiger partial charge on any atom is -0.493 e. The second-order valence-corrected chi connectivity index (χ2v) is 9.14. The van der Waals surface area contributed by atoms with Crippen LogP contribution < -0.4 is 19.5 Å². The molecule has 1 saturated carbocycles. The number of benzene rings is 1. The molecule has 0 aromatic heterocycles. The molecule has 1 aliphatic carbocycles. The SMILES string of the molecule is CCCCCNC(=O)CN1CCC2(O)CCCCC2C1c1cc(OC)c(OC)c(OC)c1. The van der Waals surface area contributed by atoms with Crippen molar-refractivity contribution in [2.75, 3.05) is 41.0 Å². The predicted molar refractivity (Wildman–Crippen MR) is 124 cm³/mol. The van der Waals surface area contributed by atoms with Crippen LogP contribution in [0.4, 0.5) is 0 Å². The maximum atomic E-state index is 12.8. The van der Waals surface area contributed by atoms with Crippen molar-refractivity contribution < 1.29 is 24.1 Å². The molecule has 3 atom stereocenters.